The molecular weight excluding hydrogens is 435 g/mol. The van der Waals surface area contributed by atoms with E-state index < -0.39 is 23.6 Å². The molecular formula is C22H22F3N7O. The van der Waals surface area contributed by atoms with Gasteiger partial charge in [-0.15, -0.1) is 0 Å². The smallest absolute Gasteiger partial charge is 0.272 e. The van der Waals surface area contributed by atoms with E-state index in [2.05, 4.69) is 30.2 Å². The summed E-state index contributed by atoms with van der Waals surface area (Å²) in [6.07, 6.45) is 3.81. The zero-order valence-electron chi connectivity index (χ0n) is 17.8. The second-order valence-corrected chi connectivity index (χ2v) is 7.88. The van der Waals surface area contributed by atoms with Crippen LogP contribution in [-0.2, 0) is 6.54 Å². The quantitative estimate of drug-likeness (QED) is 0.490. The summed E-state index contributed by atoms with van der Waals surface area (Å²) in [4.78, 5) is 32.0. The van der Waals surface area contributed by atoms with E-state index in [1.807, 2.05) is 0 Å². The van der Waals surface area contributed by atoms with Crippen LogP contribution in [0.5, 0.6) is 0 Å². The summed E-state index contributed by atoms with van der Waals surface area (Å²) in [5, 5.41) is 2.69. The van der Waals surface area contributed by atoms with E-state index in [0.29, 0.717) is 28.9 Å². The Kier molecular flexibility index (Phi) is 6.12. The second-order valence-electron chi connectivity index (χ2n) is 7.88. The fourth-order valence-electron chi connectivity index (χ4n) is 3.93. The number of nitrogens with zero attached hydrogens (tertiary/aromatic N) is 4. The molecule has 1 atom stereocenters. The summed E-state index contributed by atoms with van der Waals surface area (Å²) in [6, 6.07) is 4.30. The van der Waals surface area contributed by atoms with E-state index in [0.717, 1.165) is 0 Å². The number of aromatic nitrogens is 4. The number of benzene rings is 1. The molecule has 1 aliphatic rings. The number of allylic oxidation sites excluding steroid dienone is 1. The maximum absolute atomic E-state index is 14.1. The van der Waals surface area contributed by atoms with Crippen LogP contribution in [0.4, 0.5) is 13.2 Å². The third-order valence-electron chi connectivity index (χ3n) is 5.50. The van der Waals surface area contributed by atoms with Crippen molar-refractivity contribution in [3.63, 3.8) is 0 Å². The minimum Gasteiger partial charge on any atom is -0.404 e. The van der Waals surface area contributed by atoms with Gasteiger partial charge in [-0.2, -0.15) is 0 Å². The van der Waals surface area contributed by atoms with E-state index in [1.165, 1.54) is 30.9 Å². The Morgan fingerprint density at radius 1 is 1.36 bits per heavy atom. The summed E-state index contributed by atoms with van der Waals surface area (Å²) < 4.78 is 41.3. The highest BCUT2D eigenvalue weighted by molar-refractivity contribution is 6.09. The number of aromatic amines is 1. The monoisotopic (exact) mass is 457 g/mol. The molecule has 33 heavy (non-hydrogen) atoms. The van der Waals surface area contributed by atoms with E-state index in [9.17, 15) is 18.0 Å². The summed E-state index contributed by atoms with van der Waals surface area (Å²) in [6.45, 7) is 0.0199. The van der Waals surface area contributed by atoms with Crippen LogP contribution < -0.4 is 11.1 Å². The molecule has 2 heterocycles. The van der Waals surface area contributed by atoms with Crippen molar-refractivity contribution >= 4 is 28.9 Å². The number of amides is 1. The minimum absolute atomic E-state index is 0.0199. The summed E-state index contributed by atoms with van der Waals surface area (Å²) >= 11 is 0. The zero-order chi connectivity index (χ0) is 23.6. The minimum atomic E-state index is -2.72. The van der Waals surface area contributed by atoms with Gasteiger partial charge >= 0.3 is 0 Å². The first-order valence-corrected chi connectivity index (χ1v) is 10.3. The lowest BCUT2D eigenvalue weighted by Crippen LogP contribution is -2.24. The Morgan fingerprint density at radius 3 is 2.88 bits per heavy atom. The number of carbonyl (C=O) groups excluding carboxylic acids is 1. The molecule has 1 fully saturated rings. The molecule has 0 bridgehead atoms. The van der Waals surface area contributed by atoms with Crippen LogP contribution in [0, 0.1) is 5.82 Å². The number of aliphatic imine (C=N–C) groups is 1. The molecule has 172 valence electrons. The van der Waals surface area contributed by atoms with Crippen LogP contribution in [0.2, 0.25) is 0 Å². The van der Waals surface area contributed by atoms with Crippen LogP contribution in [-0.4, -0.2) is 45.0 Å². The predicted octanol–water partition coefficient (Wildman–Crippen LogP) is 3.33. The summed E-state index contributed by atoms with van der Waals surface area (Å²) in [7, 11) is 1.57. The molecule has 0 saturated heterocycles. The third kappa shape index (κ3) is 4.86. The SMILES string of the molecule is CN=CC(=CN)c1cc(F)cc(CNC(=O)c2ncnc3nc(C4CCC(F)(F)C4)[nH]c23)c1. The number of alkyl halides is 2. The van der Waals surface area contributed by atoms with Gasteiger partial charge < -0.3 is 16.0 Å². The van der Waals surface area contributed by atoms with Gasteiger partial charge in [-0.1, -0.05) is 0 Å². The molecule has 1 unspecified atom stereocenters. The highest BCUT2D eigenvalue weighted by atomic mass is 19.3. The number of rotatable bonds is 6. The van der Waals surface area contributed by atoms with Crippen molar-refractivity contribution in [3.05, 3.63) is 59.2 Å². The fraction of sp³-hybridized carbons (Fsp3) is 0.318. The number of halogens is 3. The Hall–Kier alpha value is -3.76. The van der Waals surface area contributed by atoms with Gasteiger partial charge in [0.05, 0.1) is 0 Å². The maximum Gasteiger partial charge on any atom is 0.272 e. The van der Waals surface area contributed by atoms with Gasteiger partial charge in [0.25, 0.3) is 5.91 Å². The second kappa shape index (κ2) is 9.00. The number of H-pyrrole nitrogens is 1. The Labute approximate surface area is 187 Å². The number of nitrogens with two attached hydrogens (primary N) is 1. The zero-order valence-corrected chi connectivity index (χ0v) is 17.8. The Balaban J connectivity index is 1.54. The average Bonchev–Trinajstić information content (AvgIpc) is 3.38. The number of hydrogen-bond donors (Lipinski definition) is 3. The lowest BCUT2D eigenvalue weighted by Gasteiger charge is -2.09. The number of imidazole rings is 1. The van der Waals surface area contributed by atoms with Crippen molar-refractivity contribution in [1.82, 2.24) is 25.3 Å². The number of hydrogen-bond acceptors (Lipinski definition) is 6. The van der Waals surface area contributed by atoms with Gasteiger partial charge in [0.15, 0.2) is 11.3 Å². The van der Waals surface area contributed by atoms with Crippen molar-refractivity contribution in [2.45, 2.75) is 37.6 Å². The van der Waals surface area contributed by atoms with Gasteiger partial charge in [-0.05, 0) is 35.7 Å². The standard InChI is InChI=1S/C22H22F3N7O/c1-27-10-15(8-26)14-4-12(5-16(23)6-14)9-28-21(33)18-17-20(30-11-29-18)32-19(31-17)13-2-3-22(24,25)7-13/h4-6,8,10-11,13H,2-3,7,9,26H2,1H3,(H,28,33)(H,29,30,31,32). The Morgan fingerprint density at radius 2 is 2.18 bits per heavy atom. The summed E-state index contributed by atoms with van der Waals surface area (Å²) in [5.41, 5.74) is 7.67. The van der Waals surface area contributed by atoms with E-state index >= 15 is 0 Å². The third-order valence-corrected chi connectivity index (χ3v) is 5.50. The average molecular weight is 457 g/mol. The van der Waals surface area contributed by atoms with Crippen LogP contribution >= 0.6 is 0 Å². The van der Waals surface area contributed by atoms with Gasteiger partial charge in [0.2, 0.25) is 5.92 Å². The van der Waals surface area contributed by atoms with Gasteiger partial charge in [-0.25, -0.2) is 28.1 Å². The highest BCUT2D eigenvalue weighted by Gasteiger charge is 2.41. The fourth-order valence-corrected chi connectivity index (χ4v) is 3.93. The van der Waals surface area contributed by atoms with Crippen molar-refractivity contribution in [2.75, 3.05) is 7.05 Å². The van der Waals surface area contributed by atoms with Gasteiger partial charge in [-0.3, -0.25) is 9.79 Å². The molecule has 1 amide bonds. The normalized spacial score (nSPS) is 18.3. The molecule has 1 aliphatic carbocycles. The molecule has 0 radical (unpaired) electrons. The van der Waals surface area contributed by atoms with Crippen LogP contribution in [0.1, 0.15) is 52.6 Å². The topological polar surface area (TPSA) is 122 Å². The first-order chi connectivity index (χ1) is 15.8. The molecule has 0 spiro atoms. The molecule has 2 aromatic heterocycles. The van der Waals surface area contributed by atoms with Crippen LogP contribution in [0.3, 0.4) is 0 Å². The van der Waals surface area contributed by atoms with Crippen LogP contribution in [0.15, 0.2) is 35.7 Å². The molecule has 4 rings (SSSR count). The molecule has 3 aromatic rings. The lowest BCUT2D eigenvalue weighted by atomic mass is 10.0. The molecule has 1 aromatic carbocycles. The largest absolute Gasteiger partial charge is 0.404 e. The van der Waals surface area contributed by atoms with E-state index in [1.54, 1.807) is 13.1 Å². The molecule has 4 N–H and O–H groups in total. The first-order valence-electron chi connectivity index (χ1n) is 10.3. The number of carbonyl (C=O) groups is 1. The molecule has 0 aliphatic heterocycles. The van der Waals surface area contributed by atoms with Crippen LogP contribution in [0.25, 0.3) is 16.7 Å². The van der Waals surface area contributed by atoms with E-state index in [-0.39, 0.29) is 36.2 Å². The van der Waals surface area contributed by atoms with Gasteiger partial charge in [0, 0.05) is 50.3 Å². The Bertz CT molecular complexity index is 1250. The molecule has 1 saturated carbocycles. The van der Waals surface area contributed by atoms with Crippen molar-refractivity contribution in [3.8, 4) is 0 Å². The van der Waals surface area contributed by atoms with Crippen molar-refractivity contribution in [2.24, 2.45) is 10.7 Å². The molecule has 8 nitrogen and oxygen atoms in total. The predicted molar refractivity (Wildman–Crippen MR) is 117 cm³/mol. The summed E-state index contributed by atoms with van der Waals surface area (Å²) in [5.74, 6) is -3.82. The number of nitrogens with one attached hydrogen (secondary N) is 2. The number of fused-ring (bicyclic) bond motifs is 1. The van der Waals surface area contributed by atoms with E-state index in [4.69, 9.17) is 5.73 Å². The van der Waals surface area contributed by atoms with Crippen molar-refractivity contribution < 1.29 is 18.0 Å². The van der Waals surface area contributed by atoms with Crippen molar-refractivity contribution in [1.29, 1.82) is 0 Å². The molecule has 11 heteroatoms. The van der Waals surface area contributed by atoms with Gasteiger partial charge in [0.1, 0.15) is 23.5 Å². The highest BCUT2D eigenvalue weighted by Crippen LogP contribution is 2.43. The first kappa shape index (κ1) is 22.4. The maximum atomic E-state index is 14.1. The lowest BCUT2D eigenvalue weighted by molar-refractivity contribution is 0.00755.